The minimum atomic E-state index is -0.223. The standard InChI is InChI=1S/C22H22FNO/c23-21-10-8-19(9-11-21)20(15-24)14-17-6-12-22(13-7-17)25-16-18-4-2-1-3-5-18/h1-13,20H,14-16,24H2. The first kappa shape index (κ1) is 17.2. The van der Waals surface area contributed by atoms with Crippen LogP contribution < -0.4 is 10.5 Å². The molecule has 0 heterocycles. The van der Waals surface area contributed by atoms with Gasteiger partial charge in [0.25, 0.3) is 0 Å². The van der Waals surface area contributed by atoms with Crippen LogP contribution in [0.25, 0.3) is 0 Å². The van der Waals surface area contributed by atoms with Crippen LogP contribution in [0.15, 0.2) is 78.9 Å². The van der Waals surface area contributed by atoms with Crippen LogP contribution in [0.2, 0.25) is 0 Å². The van der Waals surface area contributed by atoms with E-state index >= 15 is 0 Å². The van der Waals surface area contributed by atoms with E-state index in [9.17, 15) is 4.39 Å². The Labute approximate surface area is 148 Å². The molecule has 3 rings (SSSR count). The Morgan fingerprint density at radius 3 is 2.12 bits per heavy atom. The van der Waals surface area contributed by atoms with E-state index in [1.165, 1.54) is 17.7 Å². The highest BCUT2D eigenvalue weighted by atomic mass is 19.1. The number of hydrogen-bond donors (Lipinski definition) is 1. The zero-order valence-corrected chi connectivity index (χ0v) is 14.1. The van der Waals surface area contributed by atoms with Crippen LogP contribution in [0.5, 0.6) is 5.75 Å². The monoisotopic (exact) mass is 335 g/mol. The van der Waals surface area contributed by atoms with Crippen LogP contribution in [-0.2, 0) is 13.0 Å². The Kier molecular flexibility index (Phi) is 5.81. The molecule has 1 atom stereocenters. The highest BCUT2D eigenvalue weighted by Gasteiger charge is 2.11. The summed E-state index contributed by atoms with van der Waals surface area (Å²) in [4.78, 5) is 0. The molecule has 0 saturated carbocycles. The summed E-state index contributed by atoms with van der Waals surface area (Å²) in [5, 5.41) is 0. The number of benzene rings is 3. The SMILES string of the molecule is NCC(Cc1ccc(OCc2ccccc2)cc1)c1ccc(F)cc1. The molecule has 0 amide bonds. The van der Waals surface area contributed by atoms with E-state index in [4.69, 9.17) is 10.5 Å². The number of ether oxygens (including phenoxy) is 1. The van der Waals surface area contributed by atoms with E-state index in [2.05, 4.69) is 12.1 Å². The first-order valence-electron chi connectivity index (χ1n) is 8.46. The summed E-state index contributed by atoms with van der Waals surface area (Å²) >= 11 is 0. The average Bonchev–Trinajstić information content (AvgIpc) is 2.67. The molecule has 0 aromatic heterocycles. The third-order valence-electron chi connectivity index (χ3n) is 4.28. The van der Waals surface area contributed by atoms with Crippen molar-refractivity contribution in [1.29, 1.82) is 0 Å². The van der Waals surface area contributed by atoms with Crippen molar-refractivity contribution >= 4 is 0 Å². The highest BCUT2D eigenvalue weighted by Crippen LogP contribution is 2.22. The summed E-state index contributed by atoms with van der Waals surface area (Å²) in [7, 11) is 0. The summed E-state index contributed by atoms with van der Waals surface area (Å²) in [5.41, 5.74) is 9.31. The smallest absolute Gasteiger partial charge is 0.123 e. The molecule has 25 heavy (non-hydrogen) atoms. The third-order valence-corrected chi connectivity index (χ3v) is 4.28. The van der Waals surface area contributed by atoms with Crippen molar-refractivity contribution in [1.82, 2.24) is 0 Å². The van der Waals surface area contributed by atoms with Gasteiger partial charge in [-0.15, -0.1) is 0 Å². The minimum absolute atomic E-state index is 0.177. The fourth-order valence-electron chi connectivity index (χ4n) is 2.82. The molecule has 3 heteroatoms. The van der Waals surface area contributed by atoms with Gasteiger partial charge in [0.15, 0.2) is 0 Å². The van der Waals surface area contributed by atoms with Gasteiger partial charge in [0, 0.05) is 5.92 Å². The van der Waals surface area contributed by atoms with Crippen molar-refractivity contribution in [2.24, 2.45) is 5.73 Å². The Balaban J connectivity index is 1.60. The summed E-state index contributed by atoms with van der Waals surface area (Å²) in [6, 6.07) is 24.8. The highest BCUT2D eigenvalue weighted by molar-refractivity contribution is 5.30. The zero-order valence-electron chi connectivity index (χ0n) is 14.1. The van der Waals surface area contributed by atoms with E-state index < -0.39 is 0 Å². The lowest BCUT2D eigenvalue weighted by molar-refractivity contribution is 0.306. The molecular formula is C22H22FNO. The molecular weight excluding hydrogens is 313 g/mol. The molecule has 0 saturated heterocycles. The molecule has 128 valence electrons. The molecule has 3 aromatic carbocycles. The molecule has 0 aliphatic carbocycles. The van der Waals surface area contributed by atoms with Gasteiger partial charge in [-0.1, -0.05) is 54.6 Å². The van der Waals surface area contributed by atoms with Crippen molar-refractivity contribution in [3.8, 4) is 5.75 Å². The van der Waals surface area contributed by atoms with Gasteiger partial charge in [-0.25, -0.2) is 4.39 Å². The third kappa shape index (κ3) is 4.91. The fraction of sp³-hybridized carbons (Fsp3) is 0.182. The molecule has 0 spiro atoms. The maximum atomic E-state index is 13.1. The van der Waals surface area contributed by atoms with Crippen LogP contribution >= 0.6 is 0 Å². The number of nitrogens with two attached hydrogens (primary N) is 1. The van der Waals surface area contributed by atoms with E-state index in [-0.39, 0.29) is 11.7 Å². The van der Waals surface area contributed by atoms with Crippen molar-refractivity contribution in [3.63, 3.8) is 0 Å². The quantitative estimate of drug-likeness (QED) is 0.680. The predicted octanol–water partition coefficient (Wildman–Crippen LogP) is 4.69. The molecule has 0 fully saturated rings. The molecule has 0 bridgehead atoms. The van der Waals surface area contributed by atoms with Crippen LogP contribution in [-0.4, -0.2) is 6.54 Å². The zero-order chi connectivity index (χ0) is 17.5. The van der Waals surface area contributed by atoms with E-state index in [0.717, 1.165) is 23.3 Å². The van der Waals surface area contributed by atoms with Crippen molar-refractivity contribution in [2.75, 3.05) is 6.54 Å². The first-order valence-corrected chi connectivity index (χ1v) is 8.46. The lowest BCUT2D eigenvalue weighted by Crippen LogP contribution is -2.15. The Hall–Kier alpha value is -2.65. The summed E-state index contributed by atoms with van der Waals surface area (Å²) in [5.74, 6) is 0.801. The van der Waals surface area contributed by atoms with Gasteiger partial charge >= 0.3 is 0 Å². The predicted molar refractivity (Wildman–Crippen MR) is 99.1 cm³/mol. The second-order valence-corrected chi connectivity index (χ2v) is 6.11. The van der Waals surface area contributed by atoms with E-state index in [1.54, 1.807) is 0 Å². The summed E-state index contributed by atoms with van der Waals surface area (Å²) in [6.45, 7) is 1.08. The molecule has 1 unspecified atom stereocenters. The average molecular weight is 335 g/mol. The van der Waals surface area contributed by atoms with Gasteiger partial charge in [-0.3, -0.25) is 0 Å². The van der Waals surface area contributed by atoms with Crippen LogP contribution in [0.1, 0.15) is 22.6 Å². The lowest BCUT2D eigenvalue weighted by Gasteiger charge is -2.16. The largest absolute Gasteiger partial charge is 0.489 e. The molecule has 0 aliphatic heterocycles. The van der Waals surface area contributed by atoms with Crippen molar-refractivity contribution < 1.29 is 9.13 Å². The van der Waals surface area contributed by atoms with Gasteiger partial charge in [0.05, 0.1) is 0 Å². The van der Waals surface area contributed by atoms with Crippen molar-refractivity contribution in [2.45, 2.75) is 18.9 Å². The van der Waals surface area contributed by atoms with E-state index in [1.807, 2.05) is 54.6 Å². The maximum Gasteiger partial charge on any atom is 0.123 e. The van der Waals surface area contributed by atoms with Crippen LogP contribution in [0.3, 0.4) is 0 Å². The second kappa shape index (κ2) is 8.45. The molecule has 2 nitrogen and oxygen atoms in total. The number of halogens is 1. The van der Waals surface area contributed by atoms with Gasteiger partial charge in [-0.05, 0) is 53.9 Å². The number of rotatable bonds is 7. The van der Waals surface area contributed by atoms with Crippen molar-refractivity contribution in [3.05, 3.63) is 101 Å². The maximum absolute atomic E-state index is 13.1. The molecule has 3 aromatic rings. The van der Waals surface area contributed by atoms with E-state index in [0.29, 0.717) is 13.2 Å². The Morgan fingerprint density at radius 2 is 1.48 bits per heavy atom. The fourth-order valence-corrected chi connectivity index (χ4v) is 2.82. The normalized spacial score (nSPS) is 11.9. The van der Waals surface area contributed by atoms with Gasteiger partial charge < -0.3 is 10.5 Å². The molecule has 2 N–H and O–H groups in total. The molecule has 0 aliphatic rings. The molecule has 0 radical (unpaired) electrons. The lowest BCUT2D eigenvalue weighted by atomic mass is 9.92. The minimum Gasteiger partial charge on any atom is -0.489 e. The summed E-state index contributed by atoms with van der Waals surface area (Å²) in [6.07, 6.45) is 0.821. The first-order chi connectivity index (χ1) is 12.2. The Morgan fingerprint density at radius 1 is 0.800 bits per heavy atom. The van der Waals surface area contributed by atoms with Gasteiger partial charge in [0.2, 0.25) is 0 Å². The van der Waals surface area contributed by atoms with Gasteiger partial charge in [0.1, 0.15) is 18.2 Å². The number of hydrogen-bond acceptors (Lipinski definition) is 2. The topological polar surface area (TPSA) is 35.2 Å². The summed E-state index contributed by atoms with van der Waals surface area (Å²) < 4.78 is 18.9. The van der Waals surface area contributed by atoms with Crippen LogP contribution in [0, 0.1) is 5.82 Å². The Bertz CT molecular complexity index is 769. The second-order valence-electron chi connectivity index (χ2n) is 6.11. The van der Waals surface area contributed by atoms with Gasteiger partial charge in [-0.2, -0.15) is 0 Å². The van der Waals surface area contributed by atoms with Crippen LogP contribution in [0.4, 0.5) is 4.39 Å².